The van der Waals surface area contributed by atoms with Crippen molar-refractivity contribution in [1.82, 2.24) is 30.6 Å². The molecule has 34 heavy (non-hydrogen) atoms. The molecule has 0 saturated heterocycles. The number of hydrogen-bond acceptors (Lipinski definition) is 6. The van der Waals surface area contributed by atoms with E-state index in [1.165, 1.54) is 0 Å². The minimum Gasteiger partial charge on any atom is -0.426 e. The summed E-state index contributed by atoms with van der Waals surface area (Å²) in [5, 5.41) is 42.3. The normalized spacial score (nSPS) is 8.74. The van der Waals surface area contributed by atoms with Crippen LogP contribution in [-0.4, -0.2) is 53.0 Å². The zero-order valence-corrected chi connectivity index (χ0v) is 23.6. The first-order valence-corrected chi connectivity index (χ1v) is 10.7. The maximum absolute atomic E-state index is 7.17. The average Bonchev–Trinajstić information content (AvgIpc) is 3.54. The van der Waals surface area contributed by atoms with E-state index < -0.39 is 7.32 Å². The number of nitrogens with zero attached hydrogens (tertiary/aromatic N) is 3. The van der Waals surface area contributed by atoms with Crippen LogP contribution in [0, 0.1) is 18.2 Å². The summed E-state index contributed by atoms with van der Waals surface area (Å²) in [4.78, 5) is 0. The largest absolute Gasteiger partial charge is 3.00 e. The molecule has 0 amide bonds. The SMILES string of the molecule is CCc1[c-]c(CC)[nH]n1.CCc1[c-]c(CC)[nH]n1.CCc1[c-]c(CC)[nH]n1.Cl.Cl.OB(O)O.[Cr+3]. The first-order valence-electron chi connectivity index (χ1n) is 10.7. The second-order valence-electron chi connectivity index (χ2n) is 6.29. The molecular formula is C21H38BCl2CrN6O3. The van der Waals surface area contributed by atoms with E-state index in [1.54, 1.807) is 0 Å². The second kappa shape index (κ2) is 24.8. The molecule has 0 fully saturated rings. The predicted molar refractivity (Wildman–Crippen MR) is 135 cm³/mol. The maximum Gasteiger partial charge on any atom is 3.00 e. The van der Waals surface area contributed by atoms with Crippen LogP contribution in [0.4, 0.5) is 0 Å². The Morgan fingerprint density at radius 2 is 0.765 bits per heavy atom. The van der Waals surface area contributed by atoms with E-state index in [1.807, 2.05) is 0 Å². The van der Waals surface area contributed by atoms with Crippen molar-refractivity contribution in [2.75, 3.05) is 0 Å². The van der Waals surface area contributed by atoms with Crippen LogP contribution in [0.25, 0.3) is 0 Å². The molecule has 193 valence electrons. The standard InChI is InChI=1S/3C7H11N2.BH3O3.2ClH.Cr/c3*1-3-6-5-7(4-2)9-8-6;2-1(3)4;;;/h3*3-4H2,1-2H3,(H,8,9);2-4H;2*1H;/q3*-1;;;;+3. The molecule has 6 N–H and O–H groups in total. The van der Waals surface area contributed by atoms with E-state index in [2.05, 4.69) is 90.3 Å². The van der Waals surface area contributed by atoms with Gasteiger partial charge in [-0.3, -0.25) is 0 Å². The second-order valence-corrected chi connectivity index (χ2v) is 6.29. The third-order valence-corrected chi connectivity index (χ3v) is 3.93. The molecule has 3 heterocycles. The molecular weight excluding hydrogens is 518 g/mol. The smallest absolute Gasteiger partial charge is 0.426 e. The Bertz CT molecular complexity index is 659. The molecule has 0 unspecified atom stereocenters. The first kappa shape index (κ1) is 39.9. The van der Waals surface area contributed by atoms with Gasteiger partial charge in [0.1, 0.15) is 0 Å². The summed E-state index contributed by atoms with van der Waals surface area (Å²) in [5.41, 5.74) is 6.41. The molecule has 0 atom stereocenters. The minimum atomic E-state index is -2.17. The number of aromatic nitrogens is 6. The van der Waals surface area contributed by atoms with Crippen molar-refractivity contribution < 1.29 is 32.4 Å². The Morgan fingerprint density at radius 1 is 0.559 bits per heavy atom. The zero-order valence-electron chi connectivity index (χ0n) is 20.7. The van der Waals surface area contributed by atoms with Gasteiger partial charge in [0, 0.05) is 0 Å². The average molecular weight is 556 g/mol. The molecule has 0 bridgehead atoms. The predicted octanol–water partition coefficient (Wildman–Crippen LogP) is 2.79. The van der Waals surface area contributed by atoms with Gasteiger partial charge in [0.25, 0.3) is 0 Å². The molecule has 0 saturated carbocycles. The van der Waals surface area contributed by atoms with Crippen molar-refractivity contribution in [2.24, 2.45) is 0 Å². The fourth-order valence-corrected chi connectivity index (χ4v) is 2.10. The Hall–Kier alpha value is -1.31. The number of hydrogen-bond donors (Lipinski definition) is 6. The summed E-state index contributed by atoms with van der Waals surface area (Å²) < 4.78 is 0. The molecule has 3 aromatic heterocycles. The monoisotopic (exact) mass is 555 g/mol. The van der Waals surface area contributed by atoms with Crippen LogP contribution in [0.1, 0.15) is 75.7 Å². The van der Waals surface area contributed by atoms with Gasteiger partial charge in [-0.1, -0.05) is 41.5 Å². The molecule has 9 nitrogen and oxygen atoms in total. The van der Waals surface area contributed by atoms with Crippen LogP contribution < -0.4 is 0 Å². The summed E-state index contributed by atoms with van der Waals surface area (Å²) in [7, 11) is -2.17. The van der Waals surface area contributed by atoms with Gasteiger partial charge in [-0.2, -0.15) is 0 Å². The van der Waals surface area contributed by atoms with Crippen LogP contribution >= 0.6 is 24.8 Å². The molecule has 0 aliphatic rings. The first-order chi connectivity index (χ1) is 14.8. The van der Waals surface area contributed by atoms with Gasteiger partial charge in [0.15, 0.2) is 0 Å². The zero-order chi connectivity index (χ0) is 23.6. The number of aryl methyl sites for hydroxylation is 6. The van der Waals surface area contributed by atoms with Crippen LogP contribution in [-0.2, 0) is 55.9 Å². The van der Waals surface area contributed by atoms with Crippen molar-refractivity contribution in [3.8, 4) is 0 Å². The number of H-pyrrole nitrogens is 3. The fourth-order valence-electron chi connectivity index (χ4n) is 2.10. The molecule has 3 aromatic rings. The fraction of sp³-hybridized carbons (Fsp3) is 0.571. The van der Waals surface area contributed by atoms with Gasteiger partial charge in [0.2, 0.25) is 0 Å². The Balaban J connectivity index is -0.000000177. The van der Waals surface area contributed by atoms with E-state index in [0.717, 1.165) is 72.7 Å². The van der Waals surface area contributed by atoms with Crippen LogP contribution in [0.3, 0.4) is 0 Å². The van der Waals surface area contributed by atoms with Gasteiger partial charge in [-0.05, 0) is 38.5 Å². The maximum atomic E-state index is 7.17. The molecule has 0 aliphatic heterocycles. The van der Waals surface area contributed by atoms with Crippen LogP contribution in [0.5, 0.6) is 0 Å². The summed E-state index contributed by atoms with van der Waals surface area (Å²) in [6.45, 7) is 12.5. The Morgan fingerprint density at radius 3 is 0.853 bits per heavy atom. The quantitative estimate of drug-likeness (QED) is 0.203. The number of nitrogens with one attached hydrogen (secondary N) is 3. The Labute approximate surface area is 227 Å². The molecule has 0 aromatic carbocycles. The van der Waals surface area contributed by atoms with Crippen LogP contribution in [0.15, 0.2) is 0 Å². The molecule has 0 aliphatic carbocycles. The summed E-state index contributed by atoms with van der Waals surface area (Å²) in [5.74, 6) is 0. The molecule has 1 radical (unpaired) electrons. The molecule has 3 rings (SSSR count). The van der Waals surface area contributed by atoms with E-state index >= 15 is 0 Å². The van der Waals surface area contributed by atoms with E-state index in [9.17, 15) is 0 Å². The van der Waals surface area contributed by atoms with Gasteiger partial charge in [-0.25, -0.2) is 15.3 Å². The third-order valence-electron chi connectivity index (χ3n) is 3.93. The topological polar surface area (TPSA) is 147 Å². The van der Waals surface area contributed by atoms with Crippen LogP contribution in [0.2, 0.25) is 0 Å². The Kier molecular flexibility index (Phi) is 29.1. The van der Waals surface area contributed by atoms with Gasteiger partial charge < -0.3 is 48.6 Å². The van der Waals surface area contributed by atoms with Gasteiger partial charge in [0.05, 0.1) is 0 Å². The number of rotatable bonds is 6. The van der Waals surface area contributed by atoms with Crippen molar-refractivity contribution in [3.05, 3.63) is 52.4 Å². The molecule has 13 heteroatoms. The van der Waals surface area contributed by atoms with Crippen molar-refractivity contribution in [3.63, 3.8) is 0 Å². The van der Waals surface area contributed by atoms with Gasteiger partial charge >= 0.3 is 24.7 Å². The van der Waals surface area contributed by atoms with Crippen molar-refractivity contribution in [2.45, 2.75) is 80.1 Å². The van der Waals surface area contributed by atoms with E-state index in [-0.39, 0.29) is 42.2 Å². The van der Waals surface area contributed by atoms with E-state index in [0.29, 0.717) is 0 Å². The number of aromatic amines is 3. The summed E-state index contributed by atoms with van der Waals surface area (Å²) in [6, 6.07) is 9.44. The van der Waals surface area contributed by atoms with Gasteiger partial charge in [-0.15, -0.1) is 59.0 Å². The number of halogens is 2. The van der Waals surface area contributed by atoms with Crippen molar-refractivity contribution >= 4 is 32.1 Å². The van der Waals surface area contributed by atoms with E-state index in [4.69, 9.17) is 15.1 Å². The summed E-state index contributed by atoms with van der Waals surface area (Å²) in [6.07, 6.45) is 5.89. The third kappa shape index (κ3) is 19.0. The summed E-state index contributed by atoms with van der Waals surface area (Å²) >= 11 is 0. The minimum absolute atomic E-state index is 0. The van der Waals surface area contributed by atoms with Crippen molar-refractivity contribution in [1.29, 1.82) is 0 Å². The molecule has 0 spiro atoms.